The van der Waals surface area contributed by atoms with Crippen molar-refractivity contribution in [2.24, 2.45) is 4.99 Å². The summed E-state index contributed by atoms with van der Waals surface area (Å²) >= 11 is 0. The topological polar surface area (TPSA) is 131 Å². The van der Waals surface area contributed by atoms with Crippen LogP contribution in [-0.4, -0.2) is 78.1 Å². The molecule has 2 aliphatic rings. The predicted octanol–water partition coefficient (Wildman–Crippen LogP) is 0.326. The molecule has 2 aliphatic heterocycles. The summed E-state index contributed by atoms with van der Waals surface area (Å²) in [5.74, 6) is -0.335. The summed E-state index contributed by atoms with van der Waals surface area (Å²) in [7, 11) is 2.76. The van der Waals surface area contributed by atoms with E-state index in [0.717, 1.165) is 6.42 Å². The van der Waals surface area contributed by atoms with Crippen LogP contribution in [0.15, 0.2) is 11.1 Å². The van der Waals surface area contributed by atoms with E-state index in [2.05, 4.69) is 10.3 Å². The molecule has 140 valence electrons. The summed E-state index contributed by atoms with van der Waals surface area (Å²) < 4.78 is 10.4. The van der Waals surface area contributed by atoms with Crippen molar-refractivity contribution in [1.29, 1.82) is 5.41 Å². The van der Waals surface area contributed by atoms with E-state index in [4.69, 9.17) is 20.0 Å². The number of phenols is 1. The lowest BCUT2D eigenvalue weighted by molar-refractivity contribution is -0.129. The number of methoxy groups -OCH3 is 2. The van der Waals surface area contributed by atoms with Crippen molar-refractivity contribution in [2.75, 3.05) is 45.8 Å². The van der Waals surface area contributed by atoms with E-state index in [1.807, 2.05) is 0 Å². The number of nitrogens with zero attached hydrogens (tertiary/aromatic N) is 3. The first-order chi connectivity index (χ1) is 12.5. The van der Waals surface area contributed by atoms with Gasteiger partial charge in [-0.25, -0.2) is 10.0 Å². The Bertz CT molecular complexity index is 755. The summed E-state index contributed by atoms with van der Waals surface area (Å²) in [6.07, 6.45) is 0.811. The molecule has 0 spiro atoms. The van der Waals surface area contributed by atoms with Crippen LogP contribution in [0.2, 0.25) is 0 Å². The monoisotopic (exact) mass is 363 g/mol. The standard InChI is InChI=1S/C16H21N5O5/c1-25-10-8-9(11(18-4-7-22)14(26-2)13(10)23)19-12-15(17)20-5-3-6-21(20)16(12)24/h8,17-18,22-23H,3-7H2,1-2H3. The third-order valence-corrected chi connectivity index (χ3v) is 4.22. The Morgan fingerprint density at radius 1 is 1.31 bits per heavy atom. The van der Waals surface area contributed by atoms with E-state index in [-0.39, 0.29) is 53.5 Å². The van der Waals surface area contributed by atoms with Gasteiger partial charge in [-0.15, -0.1) is 0 Å². The van der Waals surface area contributed by atoms with Gasteiger partial charge in [0.15, 0.2) is 23.0 Å². The highest BCUT2D eigenvalue weighted by atomic mass is 16.5. The van der Waals surface area contributed by atoms with Gasteiger partial charge in [0.1, 0.15) is 5.69 Å². The summed E-state index contributed by atoms with van der Waals surface area (Å²) in [5.41, 5.74) is 0.571. The van der Waals surface area contributed by atoms with Crippen LogP contribution in [0.3, 0.4) is 0 Å². The molecule has 0 atom stereocenters. The highest BCUT2D eigenvalue weighted by Crippen LogP contribution is 2.48. The molecule has 0 aliphatic carbocycles. The van der Waals surface area contributed by atoms with Crippen molar-refractivity contribution in [2.45, 2.75) is 6.42 Å². The van der Waals surface area contributed by atoms with Gasteiger partial charge >= 0.3 is 0 Å². The number of amides is 1. The molecule has 10 nitrogen and oxygen atoms in total. The number of carbonyl (C=O) groups excluding carboxylic acids is 1. The number of hydrazine groups is 1. The fourth-order valence-corrected chi connectivity index (χ4v) is 3.03. The lowest BCUT2D eigenvalue weighted by atomic mass is 10.2. The molecular weight excluding hydrogens is 342 g/mol. The van der Waals surface area contributed by atoms with Crippen molar-refractivity contribution in [3.05, 3.63) is 6.07 Å². The largest absolute Gasteiger partial charge is 0.502 e. The maximum Gasteiger partial charge on any atom is 0.294 e. The molecule has 0 radical (unpaired) electrons. The van der Waals surface area contributed by atoms with E-state index in [1.54, 1.807) is 5.01 Å². The number of hydrogen-bond acceptors (Lipinski definition) is 8. The minimum Gasteiger partial charge on any atom is -0.502 e. The van der Waals surface area contributed by atoms with Crippen LogP contribution in [0.1, 0.15) is 6.42 Å². The molecule has 1 aromatic carbocycles. The number of carbonyl (C=O) groups is 1. The molecule has 10 heteroatoms. The third kappa shape index (κ3) is 2.77. The fourth-order valence-electron chi connectivity index (χ4n) is 3.03. The summed E-state index contributed by atoms with van der Waals surface area (Å²) in [4.78, 5) is 16.9. The Hall–Kier alpha value is -3.01. The van der Waals surface area contributed by atoms with E-state index >= 15 is 0 Å². The van der Waals surface area contributed by atoms with Gasteiger partial charge in [-0.3, -0.25) is 15.2 Å². The Morgan fingerprint density at radius 3 is 2.65 bits per heavy atom. The van der Waals surface area contributed by atoms with Crippen LogP contribution >= 0.6 is 0 Å². The number of hydrogen-bond donors (Lipinski definition) is 4. The molecule has 2 heterocycles. The van der Waals surface area contributed by atoms with Gasteiger partial charge in [0.05, 0.1) is 26.5 Å². The fraction of sp³-hybridized carbons (Fsp3) is 0.438. The van der Waals surface area contributed by atoms with Crippen molar-refractivity contribution >= 4 is 28.8 Å². The van der Waals surface area contributed by atoms with Crippen LogP contribution in [-0.2, 0) is 4.79 Å². The number of nitrogens with one attached hydrogen (secondary N) is 2. The maximum absolute atomic E-state index is 12.5. The lowest BCUT2D eigenvalue weighted by Crippen LogP contribution is -2.33. The molecule has 26 heavy (non-hydrogen) atoms. The van der Waals surface area contributed by atoms with E-state index in [1.165, 1.54) is 25.3 Å². The smallest absolute Gasteiger partial charge is 0.294 e. The molecule has 2 saturated heterocycles. The molecule has 0 unspecified atom stereocenters. The number of aliphatic hydroxyl groups excluding tert-OH is 1. The number of fused-ring (bicyclic) bond motifs is 1. The number of aliphatic imine (C=N–C) groups is 1. The van der Waals surface area contributed by atoms with Crippen LogP contribution in [0.5, 0.6) is 17.2 Å². The second-order valence-corrected chi connectivity index (χ2v) is 5.72. The number of ether oxygens (including phenoxy) is 2. The minimum atomic E-state index is -0.341. The number of rotatable bonds is 6. The summed E-state index contributed by atoms with van der Waals surface area (Å²) in [6, 6.07) is 1.45. The van der Waals surface area contributed by atoms with Crippen molar-refractivity contribution < 1.29 is 24.5 Å². The van der Waals surface area contributed by atoms with Crippen molar-refractivity contribution in [1.82, 2.24) is 10.0 Å². The van der Waals surface area contributed by atoms with Gasteiger partial charge < -0.3 is 25.0 Å². The molecule has 2 fully saturated rings. The predicted molar refractivity (Wildman–Crippen MR) is 94.6 cm³/mol. The Labute approximate surface area is 150 Å². The van der Waals surface area contributed by atoms with Crippen molar-refractivity contribution in [3.63, 3.8) is 0 Å². The molecule has 1 aromatic rings. The van der Waals surface area contributed by atoms with Crippen LogP contribution in [0, 0.1) is 5.41 Å². The number of anilines is 1. The van der Waals surface area contributed by atoms with Crippen LogP contribution in [0.4, 0.5) is 11.4 Å². The summed E-state index contributed by atoms with van der Waals surface area (Å²) in [6.45, 7) is 1.19. The average Bonchev–Trinajstić information content (AvgIpc) is 3.20. The Kier molecular flexibility index (Phi) is 4.85. The normalized spacial score (nSPS) is 17.9. The van der Waals surface area contributed by atoms with E-state index in [0.29, 0.717) is 18.8 Å². The first kappa shape index (κ1) is 17.8. The maximum atomic E-state index is 12.5. The summed E-state index contributed by atoms with van der Waals surface area (Å²) in [5, 5.41) is 33.6. The van der Waals surface area contributed by atoms with Crippen LogP contribution < -0.4 is 14.8 Å². The number of amidine groups is 1. The highest BCUT2D eigenvalue weighted by molar-refractivity contribution is 6.68. The van der Waals surface area contributed by atoms with Gasteiger partial charge in [0, 0.05) is 25.7 Å². The third-order valence-electron chi connectivity index (χ3n) is 4.22. The zero-order valence-electron chi connectivity index (χ0n) is 14.6. The van der Waals surface area contributed by atoms with Gasteiger partial charge in [-0.1, -0.05) is 0 Å². The van der Waals surface area contributed by atoms with Gasteiger partial charge in [0.25, 0.3) is 5.91 Å². The number of aliphatic hydroxyl groups is 1. The number of phenolic OH excluding ortho intramolecular Hbond substituents is 1. The minimum absolute atomic E-state index is 0.00606. The molecule has 0 aromatic heterocycles. The average molecular weight is 363 g/mol. The van der Waals surface area contributed by atoms with E-state index < -0.39 is 0 Å². The molecule has 4 N–H and O–H groups in total. The molecule has 1 amide bonds. The van der Waals surface area contributed by atoms with Gasteiger partial charge in [-0.2, -0.15) is 0 Å². The highest BCUT2D eigenvalue weighted by Gasteiger charge is 2.42. The zero-order valence-corrected chi connectivity index (χ0v) is 14.6. The SMILES string of the molecule is COc1cc(N=C2C(=N)N3CCCN3C2=O)c(NCCO)c(OC)c1O. The van der Waals surface area contributed by atoms with Crippen molar-refractivity contribution in [3.8, 4) is 17.2 Å². The van der Waals surface area contributed by atoms with Crippen LogP contribution in [0.25, 0.3) is 0 Å². The molecule has 3 rings (SSSR count). The second-order valence-electron chi connectivity index (χ2n) is 5.72. The quantitative estimate of drug-likeness (QED) is 0.573. The van der Waals surface area contributed by atoms with E-state index in [9.17, 15) is 9.90 Å². The second kappa shape index (κ2) is 7.08. The first-order valence-electron chi connectivity index (χ1n) is 8.13. The number of aromatic hydroxyl groups is 1. The zero-order chi connectivity index (χ0) is 18.8. The van der Waals surface area contributed by atoms with Gasteiger partial charge in [-0.05, 0) is 6.42 Å². The Balaban J connectivity index is 2.11. The molecular formula is C16H21N5O5. The Morgan fingerprint density at radius 2 is 2.04 bits per heavy atom. The lowest BCUT2D eigenvalue weighted by Gasteiger charge is -2.17. The van der Waals surface area contributed by atoms with Gasteiger partial charge in [0.2, 0.25) is 5.75 Å². The first-order valence-corrected chi connectivity index (χ1v) is 8.13. The number of benzene rings is 1. The molecule has 0 bridgehead atoms. The molecule has 0 saturated carbocycles.